The molecule has 4 aromatic rings. The molecule has 1 aliphatic rings. The summed E-state index contributed by atoms with van der Waals surface area (Å²) in [7, 11) is 3.10. The maximum absolute atomic E-state index is 13.0. The molecule has 14 heteroatoms. The standard InChI is InChI=1S/C47H58N6O7S/c1-30(32-12-14-34(15-13-32)45-31(2)51-29-61-45)24-43(56)49-22-10-8-6-5-7-9-11-23-50-44(57)28-60-36-19-16-33-18-21-40(38(33)26-36)52-46(58)39(48)27-41(54)35-17-20-37(42(55)25-35)47(59)53(3)4/h12-17,19-20,25-27,29-30,40,55H,5-11,18,21-24,28,48H2,1-4H3,(H,49,56)(H,50,57)(H,52,58)/t30-,40+/m0/s1. The summed E-state index contributed by atoms with van der Waals surface area (Å²) in [6, 6.07) is 17.5. The Bertz CT molecular complexity index is 2200. The van der Waals surface area contributed by atoms with Gasteiger partial charge in [-0.1, -0.05) is 69.4 Å². The van der Waals surface area contributed by atoms with Crippen LogP contribution in [0.25, 0.3) is 10.4 Å². The Hall–Kier alpha value is -6.02. The summed E-state index contributed by atoms with van der Waals surface area (Å²) in [4.78, 5) is 69.8. The van der Waals surface area contributed by atoms with Gasteiger partial charge in [0.05, 0.1) is 27.7 Å². The minimum absolute atomic E-state index is 0.0495. The smallest absolute Gasteiger partial charge is 0.267 e. The zero-order valence-electron chi connectivity index (χ0n) is 35.6. The number of ether oxygens (including phenoxy) is 1. The van der Waals surface area contributed by atoms with Crippen LogP contribution in [0.3, 0.4) is 0 Å². The number of hydrogen-bond donors (Lipinski definition) is 5. The zero-order chi connectivity index (χ0) is 43.9. The lowest BCUT2D eigenvalue weighted by Gasteiger charge is -2.15. The van der Waals surface area contributed by atoms with E-state index in [-0.39, 0.29) is 53.0 Å². The van der Waals surface area contributed by atoms with Crippen molar-refractivity contribution in [1.29, 1.82) is 0 Å². The van der Waals surface area contributed by atoms with Crippen LogP contribution in [0.4, 0.5) is 0 Å². The highest BCUT2D eigenvalue weighted by molar-refractivity contribution is 7.13. The molecule has 1 aliphatic carbocycles. The quantitative estimate of drug-likeness (QED) is 0.0318. The highest BCUT2D eigenvalue weighted by atomic mass is 32.1. The van der Waals surface area contributed by atoms with Crippen molar-refractivity contribution >= 4 is 40.7 Å². The topological polar surface area (TPSA) is 193 Å². The number of ketones is 1. The van der Waals surface area contributed by atoms with E-state index in [4.69, 9.17) is 10.5 Å². The summed E-state index contributed by atoms with van der Waals surface area (Å²) >= 11 is 1.64. The van der Waals surface area contributed by atoms with Crippen LogP contribution in [0.15, 0.2) is 77.9 Å². The lowest BCUT2D eigenvalue weighted by Crippen LogP contribution is -2.32. The van der Waals surface area contributed by atoms with Crippen LogP contribution >= 0.6 is 11.3 Å². The summed E-state index contributed by atoms with van der Waals surface area (Å²) in [5.41, 5.74) is 12.9. The van der Waals surface area contributed by atoms with Gasteiger partial charge in [0.1, 0.15) is 17.2 Å². The van der Waals surface area contributed by atoms with Crippen LogP contribution in [-0.4, -0.2) is 78.2 Å². The average Bonchev–Trinajstić information content (AvgIpc) is 3.86. The maximum Gasteiger partial charge on any atom is 0.267 e. The predicted octanol–water partition coefficient (Wildman–Crippen LogP) is 6.89. The second-order valence-electron chi connectivity index (χ2n) is 15.8. The molecule has 1 aromatic heterocycles. The number of allylic oxidation sites excluding steroid dienone is 1. The minimum atomic E-state index is -0.621. The van der Waals surface area contributed by atoms with Crippen LogP contribution in [0.1, 0.15) is 120 Å². The lowest BCUT2D eigenvalue weighted by molar-refractivity contribution is -0.123. The predicted molar refractivity (Wildman–Crippen MR) is 238 cm³/mol. The molecular weight excluding hydrogens is 793 g/mol. The summed E-state index contributed by atoms with van der Waals surface area (Å²) < 4.78 is 5.78. The van der Waals surface area contributed by atoms with Gasteiger partial charge in [0.2, 0.25) is 5.91 Å². The van der Waals surface area contributed by atoms with E-state index >= 15 is 0 Å². The van der Waals surface area contributed by atoms with Crippen LogP contribution < -0.4 is 26.4 Å². The van der Waals surface area contributed by atoms with Crippen molar-refractivity contribution in [2.24, 2.45) is 5.73 Å². The van der Waals surface area contributed by atoms with E-state index in [1.54, 1.807) is 31.5 Å². The first-order valence-corrected chi connectivity index (χ1v) is 21.8. The van der Waals surface area contributed by atoms with Gasteiger partial charge in [-0.2, -0.15) is 0 Å². The molecular formula is C47H58N6O7S. The number of hydrogen-bond acceptors (Lipinski definition) is 10. The van der Waals surface area contributed by atoms with Crippen molar-refractivity contribution in [3.63, 3.8) is 0 Å². The van der Waals surface area contributed by atoms with Crippen molar-refractivity contribution < 1.29 is 33.8 Å². The van der Waals surface area contributed by atoms with E-state index in [1.165, 1.54) is 28.0 Å². The Morgan fingerprint density at radius 3 is 2.23 bits per heavy atom. The molecule has 61 heavy (non-hydrogen) atoms. The summed E-state index contributed by atoms with van der Waals surface area (Å²) in [6.07, 6.45) is 10.0. The highest BCUT2D eigenvalue weighted by Gasteiger charge is 2.26. The van der Waals surface area contributed by atoms with Gasteiger partial charge in [0.15, 0.2) is 12.4 Å². The van der Waals surface area contributed by atoms with Gasteiger partial charge in [-0.15, -0.1) is 11.3 Å². The molecule has 0 fully saturated rings. The Kier molecular flexibility index (Phi) is 17.0. The molecule has 0 spiro atoms. The molecule has 5 rings (SSSR count). The molecule has 324 valence electrons. The van der Waals surface area contributed by atoms with E-state index in [0.29, 0.717) is 31.7 Å². The van der Waals surface area contributed by atoms with E-state index in [2.05, 4.69) is 52.1 Å². The molecule has 0 saturated heterocycles. The van der Waals surface area contributed by atoms with Gasteiger partial charge in [0.25, 0.3) is 17.7 Å². The van der Waals surface area contributed by atoms with Crippen molar-refractivity contribution in [2.75, 3.05) is 33.8 Å². The van der Waals surface area contributed by atoms with Crippen LogP contribution in [-0.2, 0) is 20.8 Å². The minimum Gasteiger partial charge on any atom is -0.507 e. The molecule has 0 aliphatic heterocycles. The molecule has 0 saturated carbocycles. The number of nitrogens with zero attached hydrogens (tertiary/aromatic N) is 2. The van der Waals surface area contributed by atoms with Gasteiger partial charge in [0, 0.05) is 45.2 Å². The van der Waals surface area contributed by atoms with Gasteiger partial charge >= 0.3 is 0 Å². The fourth-order valence-electron chi connectivity index (χ4n) is 7.26. The number of nitrogens with one attached hydrogen (secondary N) is 3. The number of aryl methyl sites for hydroxylation is 2. The van der Waals surface area contributed by atoms with Gasteiger partial charge < -0.3 is 36.4 Å². The Morgan fingerprint density at radius 1 is 0.918 bits per heavy atom. The van der Waals surface area contributed by atoms with Gasteiger partial charge in [-0.3, -0.25) is 24.0 Å². The summed E-state index contributed by atoms with van der Waals surface area (Å²) in [5, 5.41) is 19.1. The first kappa shape index (κ1) is 46.1. The van der Waals surface area contributed by atoms with Crippen LogP contribution in [0.5, 0.6) is 11.5 Å². The van der Waals surface area contributed by atoms with Crippen molar-refractivity contribution in [3.8, 4) is 21.9 Å². The third kappa shape index (κ3) is 13.5. The number of aromatic nitrogens is 1. The largest absolute Gasteiger partial charge is 0.507 e. The fraction of sp³-hybridized carbons (Fsp3) is 0.404. The number of fused-ring (bicyclic) bond motifs is 1. The van der Waals surface area contributed by atoms with Crippen LogP contribution in [0.2, 0.25) is 0 Å². The number of aromatic hydroxyl groups is 1. The molecule has 0 radical (unpaired) electrons. The molecule has 13 nitrogen and oxygen atoms in total. The Morgan fingerprint density at radius 2 is 1.59 bits per heavy atom. The molecule has 2 atom stereocenters. The van der Waals surface area contributed by atoms with Crippen molar-refractivity contribution in [2.45, 2.75) is 90.0 Å². The number of benzene rings is 3. The highest BCUT2D eigenvalue weighted by Crippen LogP contribution is 2.34. The number of rotatable bonds is 22. The second kappa shape index (κ2) is 22.5. The normalized spacial score (nSPS) is 13.8. The molecule has 0 bridgehead atoms. The van der Waals surface area contributed by atoms with Crippen LogP contribution in [0, 0.1) is 6.92 Å². The Labute approximate surface area is 362 Å². The second-order valence-corrected chi connectivity index (χ2v) is 16.6. The lowest BCUT2D eigenvalue weighted by atomic mass is 9.96. The number of thiazole rings is 1. The summed E-state index contributed by atoms with van der Waals surface area (Å²) in [6.45, 7) is 5.23. The van der Waals surface area contributed by atoms with Gasteiger partial charge in [-0.05, 0) is 91.1 Å². The third-order valence-corrected chi connectivity index (χ3v) is 11.8. The number of carbonyl (C=O) groups is 5. The van der Waals surface area contributed by atoms with Crippen molar-refractivity contribution in [1.82, 2.24) is 25.8 Å². The fourth-order valence-corrected chi connectivity index (χ4v) is 8.07. The molecule has 3 aromatic carbocycles. The number of nitrogens with two attached hydrogens (primary N) is 1. The van der Waals surface area contributed by atoms with E-state index in [1.807, 2.05) is 24.6 Å². The molecule has 4 amide bonds. The SMILES string of the molecule is Cc1ncsc1-c1ccc([C@@H](C)CC(=O)NCCCCCCCCCNC(=O)COc2ccc3c(c2)[C@H](NC(=O)C(N)=CC(=O)c2ccc(C(=O)N(C)C)c(O)c2)CC3)cc1. The molecule has 0 unspecified atom stereocenters. The summed E-state index contributed by atoms with van der Waals surface area (Å²) in [5.74, 6) is -1.46. The molecule has 1 heterocycles. The number of amides is 4. The monoisotopic (exact) mass is 850 g/mol. The number of unbranched alkanes of at least 4 members (excludes halogenated alkanes) is 6. The van der Waals surface area contributed by atoms with E-state index in [0.717, 1.165) is 85.4 Å². The van der Waals surface area contributed by atoms with E-state index in [9.17, 15) is 29.1 Å². The first-order valence-electron chi connectivity index (χ1n) is 21.0. The maximum atomic E-state index is 13.0. The zero-order valence-corrected chi connectivity index (χ0v) is 36.4. The van der Waals surface area contributed by atoms with E-state index < -0.39 is 17.6 Å². The third-order valence-electron chi connectivity index (χ3n) is 10.8. The average molecular weight is 851 g/mol. The van der Waals surface area contributed by atoms with Gasteiger partial charge in [-0.25, -0.2) is 4.98 Å². The number of phenols is 1. The van der Waals surface area contributed by atoms with Crippen molar-refractivity contribution in [3.05, 3.63) is 111 Å². The number of phenolic OH excluding ortho intramolecular Hbond substituents is 1. The first-order chi connectivity index (χ1) is 29.3. The number of carbonyl (C=O) groups excluding carboxylic acids is 5. The molecule has 6 N–H and O–H groups in total. The Balaban J connectivity index is 0.908.